The van der Waals surface area contributed by atoms with E-state index in [1.54, 1.807) is 12.1 Å². The molecule has 0 heterocycles. The van der Waals surface area contributed by atoms with E-state index in [0.717, 1.165) is 11.6 Å². The Morgan fingerprint density at radius 1 is 1.26 bits per heavy atom. The summed E-state index contributed by atoms with van der Waals surface area (Å²) in [4.78, 5) is 32.7. The monoisotopic (exact) mass is 282 g/mol. The molecule has 0 saturated carbocycles. The standard InChI is InChI=1S/C12H11ClN2O4/c1-7-2-3-8(6-9(7)13)14-12(19)15-10(16)4-5-11(17)18/h2-6H,1H3,(H,17,18)(H2,14,15,16,19)/b5-4+. The summed E-state index contributed by atoms with van der Waals surface area (Å²) < 4.78 is 0. The number of hydrogen-bond acceptors (Lipinski definition) is 3. The molecule has 0 bridgehead atoms. The molecule has 19 heavy (non-hydrogen) atoms. The van der Waals surface area contributed by atoms with Gasteiger partial charge in [-0.2, -0.15) is 0 Å². The van der Waals surface area contributed by atoms with Crippen LogP contribution in [0.3, 0.4) is 0 Å². The zero-order valence-corrected chi connectivity index (χ0v) is 10.7. The molecule has 0 radical (unpaired) electrons. The Balaban J connectivity index is 2.58. The van der Waals surface area contributed by atoms with Crippen LogP contribution >= 0.6 is 11.6 Å². The number of carboxylic acids is 1. The van der Waals surface area contributed by atoms with E-state index in [4.69, 9.17) is 16.7 Å². The second-order valence-electron chi connectivity index (χ2n) is 3.58. The van der Waals surface area contributed by atoms with Crippen molar-refractivity contribution in [3.63, 3.8) is 0 Å². The van der Waals surface area contributed by atoms with Crippen LogP contribution in [0.15, 0.2) is 30.4 Å². The van der Waals surface area contributed by atoms with Crippen LogP contribution in [0.1, 0.15) is 5.56 Å². The van der Waals surface area contributed by atoms with Gasteiger partial charge in [0, 0.05) is 22.9 Å². The minimum atomic E-state index is -1.28. The first-order chi connectivity index (χ1) is 8.88. The maximum absolute atomic E-state index is 11.4. The summed E-state index contributed by atoms with van der Waals surface area (Å²) in [5.41, 5.74) is 1.27. The maximum Gasteiger partial charge on any atom is 0.328 e. The molecule has 3 amide bonds. The van der Waals surface area contributed by atoms with Crippen LogP contribution in [0.25, 0.3) is 0 Å². The number of benzene rings is 1. The van der Waals surface area contributed by atoms with E-state index in [-0.39, 0.29) is 0 Å². The van der Waals surface area contributed by atoms with Crippen LogP contribution in [-0.2, 0) is 9.59 Å². The Bertz CT molecular complexity index is 555. The highest BCUT2D eigenvalue weighted by Crippen LogP contribution is 2.19. The summed E-state index contributed by atoms with van der Waals surface area (Å²) in [6.45, 7) is 1.81. The predicted octanol–water partition coefficient (Wildman–Crippen LogP) is 1.94. The van der Waals surface area contributed by atoms with E-state index in [2.05, 4.69) is 5.32 Å². The maximum atomic E-state index is 11.4. The number of rotatable bonds is 3. The lowest BCUT2D eigenvalue weighted by atomic mass is 10.2. The fourth-order valence-electron chi connectivity index (χ4n) is 1.13. The van der Waals surface area contributed by atoms with Gasteiger partial charge in [0.15, 0.2) is 0 Å². The second kappa shape index (κ2) is 6.55. The molecular formula is C12H11ClN2O4. The number of nitrogens with one attached hydrogen (secondary N) is 2. The molecule has 0 unspecified atom stereocenters. The topological polar surface area (TPSA) is 95.5 Å². The number of urea groups is 1. The third-order valence-corrected chi connectivity index (χ3v) is 2.45. The van der Waals surface area contributed by atoms with Gasteiger partial charge in [0.1, 0.15) is 0 Å². The Hall–Kier alpha value is -2.34. The number of aryl methyl sites for hydroxylation is 1. The van der Waals surface area contributed by atoms with Crippen molar-refractivity contribution in [3.05, 3.63) is 40.9 Å². The first-order valence-electron chi connectivity index (χ1n) is 5.17. The highest BCUT2D eigenvalue weighted by Gasteiger charge is 2.06. The van der Waals surface area contributed by atoms with Gasteiger partial charge in [-0.25, -0.2) is 9.59 Å². The fourth-order valence-corrected chi connectivity index (χ4v) is 1.31. The summed E-state index contributed by atoms with van der Waals surface area (Å²) in [5.74, 6) is -2.11. The molecule has 0 aliphatic heterocycles. The number of hydrogen-bond donors (Lipinski definition) is 3. The quantitative estimate of drug-likeness (QED) is 0.738. The minimum absolute atomic E-state index is 0.420. The Morgan fingerprint density at radius 2 is 1.95 bits per heavy atom. The van der Waals surface area contributed by atoms with Gasteiger partial charge in [-0.05, 0) is 24.6 Å². The molecule has 0 saturated heterocycles. The zero-order valence-electron chi connectivity index (χ0n) is 9.94. The van der Waals surface area contributed by atoms with Gasteiger partial charge in [0.2, 0.25) is 0 Å². The van der Waals surface area contributed by atoms with Gasteiger partial charge in [0.25, 0.3) is 5.91 Å². The van der Waals surface area contributed by atoms with Crippen LogP contribution in [0.2, 0.25) is 5.02 Å². The van der Waals surface area contributed by atoms with Gasteiger partial charge in [-0.15, -0.1) is 0 Å². The largest absolute Gasteiger partial charge is 0.478 e. The van der Waals surface area contributed by atoms with Crippen LogP contribution in [0.4, 0.5) is 10.5 Å². The summed E-state index contributed by atoms with van der Waals surface area (Å²) in [7, 11) is 0. The third-order valence-electron chi connectivity index (χ3n) is 2.04. The number of halogens is 1. The summed E-state index contributed by atoms with van der Waals surface area (Å²) in [6, 6.07) is 4.09. The summed E-state index contributed by atoms with van der Waals surface area (Å²) >= 11 is 5.87. The molecule has 0 fully saturated rings. The molecule has 6 nitrogen and oxygen atoms in total. The van der Waals surface area contributed by atoms with Gasteiger partial charge < -0.3 is 10.4 Å². The van der Waals surface area contributed by atoms with Gasteiger partial charge in [-0.1, -0.05) is 17.7 Å². The van der Waals surface area contributed by atoms with Gasteiger partial charge in [0.05, 0.1) is 0 Å². The molecular weight excluding hydrogens is 272 g/mol. The van der Waals surface area contributed by atoms with Crippen molar-refractivity contribution in [3.8, 4) is 0 Å². The molecule has 1 aromatic carbocycles. The highest BCUT2D eigenvalue weighted by molar-refractivity contribution is 6.31. The molecule has 0 aliphatic rings. The summed E-state index contributed by atoms with van der Waals surface area (Å²) in [5, 5.41) is 13.1. The van der Waals surface area contributed by atoms with Gasteiger partial charge >= 0.3 is 12.0 Å². The van der Waals surface area contributed by atoms with E-state index in [9.17, 15) is 14.4 Å². The number of carbonyl (C=O) groups excluding carboxylic acids is 2. The molecule has 0 aromatic heterocycles. The number of aliphatic carboxylic acids is 1. The lowest BCUT2D eigenvalue weighted by Crippen LogP contribution is -2.33. The fraction of sp³-hybridized carbons (Fsp3) is 0.0833. The van der Waals surface area contributed by atoms with Crippen molar-refractivity contribution in [1.82, 2.24) is 5.32 Å². The smallest absolute Gasteiger partial charge is 0.328 e. The molecule has 0 aliphatic carbocycles. The second-order valence-corrected chi connectivity index (χ2v) is 3.99. The number of imide groups is 1. The van der Waals surface area contributed by atoms with Crippen molar-refractivity contribution in [2.75, 3.05) is 5.32 Å². The van der Waals surface area contributed by atoms with E-state index in [1.807, 2.05) is 12.2 Å². The molecule has 0 atom stereocenters. The Labute approximate surface area is 114 Å². The first-order valence-corrected chi connectivity index (χ1v) is 5.55. The average Bonchev–Trinajstić information content (AvgIpc) is 2.31. The molecule has 100 valence electrons. The highest BCUT2D eigenvalue weighted by atomic mass is 35.5. The Kier molecular flexibility index (Phi) is 5.08. The normalized spacial score (nSPS) is 10.2. The SMILES string of the molecule is Cc1ccc(NC(=O)NC(=O)/C=C/C(=O)O)cc1Cl. The number of anilines is 1. The van der Waals surface area contributed by atoms with Crippen molar-refractivity contribution in [2.24, 2.45) is 0 Å². The van der Waals surface area contributed by atoms with E-state index in [1.165, 1.54) is 6.07 Å². The molecule has 0 spiro atoms. The number of amides is 3. The van der Waals surface area contributed by atoms with E-state index >= 15 is 0 Å². The molecule has 7 heteroatoms. The van der Waals surface area contributed by atoms with Crippen molar-refractivity contribution in [1.29, 1.82) is 0 Å². The average molecular weight is 283 g/mol. The van der Waals surface area contributed by atoms with Crippen molar-refractivity contribution < 1.29 is 19.5 Å². The predicted molar refractivity (Wildman–Crippen MR) is 70.1 cm³/mol. The van der Waals surface area contributed by atoms with Gasteiger partial charge in [-0.3, -0.25) is 10.1 Å². The van der Waals surface area contributed by atoms with E-state index < -0.39 is 17.9 Å². The molecule has 3 N–H and O–H groups in total. The van der Waals surface area contributed by atoms with Crippen LogP contribution < -0.4 is 10.6 Å². The van der Waals surface area contributed by atoms with Crippen molar-refractivity contribution >= 4 is 35.2 Å². The van der Waals surface area contributed by atoms with E-state index in [0.29, 0.717) is 16.8 Å². The number of carbonyl (C=O) groups is 3. The summed E-state index contributed by atoms with van der Waals surface area (Å²) in [6.07, 6.45) is 1.37. The van der Waals surface area contributed by atoms with Crippen molar-refractivity contribution in [2.45, 2.75) is 6.92 Å². The first kappa shape index (κ1) is 14.7. The number of carboxylic acid groups (broad SMARTS) is 1. The lowest BCUT2D eigenvalue weighted by Gasteiger charge is -2.06. The van der Waals surface area contributed by atoms with Crippen LogP contribution in [-0.4, -0.2) is 23.0 Å². The molecule has 1 aromatic rings. The third kappa shape index (κ3) is 5.22. The van der Waals surface area contributed by atoms with Crippen LogP contribution in [0, 0.1) is 6.92 Å². The Morgan fingerprint density at radius 3 is 2.53 bits per heavy atom. The lowest BCUT2D eigenvalue weighted by molar-refractivity contribution is -0.131. The van der Waals surface area contributed by atoms with Crippen LogP contribution in [0.5, 0.6) is 0 Å². The zero-order chi connectivity index (χ0) is 14.4. The molecule has 1 rings (SSSR count). The minimum Gasteiger partial charge on any atom is -0.478 e.